The van der Waals surface area contributed by atoms with E-state index < -0.39 is 35.1 Å². The van der Waals surface area contributed by atoms with Crippen LogP contribution in [-0.2, 0) is 22.2 Å². The molecule has 17 heteroatoms. The second-order valence-corrected chi connectivity index (χ2v) is 20.8. The summed E-state index contributed by atoms with van der Waals surface area (Å²) in [5.41, 5.74) is 8.45. The Morgan fingerprint density at radius 3 is 2.37 bits per heavy atom. The standard InChI is InChI=1S/C56H66F2N8O7/c1-33-43(57)30-46-49(48(33)50-42(52(59)69)15-16-45(51(50)58)72-28-27-67)34(2)56(73-46,39-7-5-4-6-8-39)32-60-40-12-9-37(10-13-40)54(70)65-24-17-35(18-25-65)31-64-22-19-36(20-23-64)38-11-14-41-44(29-38)63(3)62-53(41)66-26-21-47(68)61-55(66)71/h4-8,11,14-16,29-30,34-37,40,60,67H,9-10,12-13,17-28,31-32H2,1-3H3,(H2,59,69)(H,61,68,71)/t34-,37?,40?,56-/m0/s1. The van der Waals surface area contributed by atoms with Crippen molar-refractivity contribution < 1.29 is 42.5 Å². The first-order valence-electron chi connectivity index (χ1n) is 26.0. The summed E-state index contributed by atoms with van der Waals surface area (Å²) in [5, 5.41) is 21.1. The monoisotopic (exact) mass is 1000 g/mol. The zero-order chi connectivity index (χ0) is 51.1. The minimum atomic E-state index is -1.04. The largest absolute Gasteiger partial charge is 0.488 e. The van der Waals surface area contributed by atoms with Gasteiger partial charge in [-0.2, -0.15) is 5.10 Å². The molecule has 1 aliphatic carbocycles. The number of aliphatic hydroxyl groups excluding tert-OH is 1. The van der Waals surface area contributed by atoms with Crippen molar-refractivity contribution in [2.75, 3.05) is 63.9 Å². The lowest BCUT2D eigenvalue weighted by Gasteiger charge is -2.40. The number of aromatic nitrogens is 2. The third-order valence-electron chi connectivity index (χ3n) is 16.6. The number of primary amides is 1. The molecule has 73 heavy (non-hydrogen) atoms. The van der Waals surface area contributed by atoms with E-state index >= 15 is 8.78 Å². The van der Waals surface area contributed by atoms with Gasteiger partial charge in [0.25, 0.3) is 0 Å². The molecule has 3 saturated heterocycles. The average molecular weight is 1000 g/mol. The number of aryl methyl sites for hydroxylation is 1. The summed E-state index contributed by atoms with van der Waals surface area (Å²) in [6, 6.07) is 19.8. The van der Waals surface area contributed by atoms with Crippen LogP contribution >= 0.6 is 0 Å². The number of anilines is 1. The van der Waals surface area contributed by atoms with Gasteiger partial charge in [0, 0.05) is 86.6 Å². The highest BCUT2D eigenvalue weighted by molar-refractivity contribution is 6.09. The number of aliphatic hydroxyl groups is 1. The maximum atomic E-state index is 16.5. The van der Waals surface area contributed by atoms with Gasteiger partial charge in [0.1, 0.15) is 18.2 Å². The Kier molecular flexibility index (Phi) is 14.3. The first-order chi connectivity index (χ1) is 35.2. The number of benzene rings is 4. The summed E-state index contributed by atoms with van der Waals surface area (Å²) in [6.07, 6.45) is 7.52. The van der Waals surface area contributed by atoms with Crippen LogP contribution in [0.4, 0.5) is 19.4 Å². The summed E-state index contributed by atoms with van der Waals surface area (Å²) >= 11 is 0. The molecular weight excluding hydrogens is 935 g/mol. The molecule has 1 aromatic heterocycles. The molecular formula is C56H66F2N8O7. The van der Waals surface area contributed by atoms with Crippen molar-refractivity contribution >= 4 is 40.5 Å². The minimum absolute atomic E-state index is 0.0327. The average Bonchev–Trinajstić information content (AvgIpc) is 3.88. The molecule has 5 N–H and O–H groups in total. The van der Waals surface area contributed by atoms with Gasteiger partial charge in [-0.1, -0.05) is 43.3 Å². The van der Waals surface area contributed by atoms with E-state index in [9.17, 15) is 24.3 Å². The zero-order valence-corrected chi connectivity index (χ0v) is 41.9. The van der Waals surface area contributed by atoms with E-state index in [1.165, 1.54) is 23.8 Å². The number of halogens is 2. The number of nitrogens with two attached hydrogens (primary N) is 1. The molecule has 2 atom stereocenters. The third kappa shape index (κ3) is 9.67. The highest BCUT2D eigenvalue weighted by Crippen LogP contribution is 2.56. The molecule has 4 aromatic carbocycles. The number of nitrogens with one attached hydrogen (secondary N) is 2. The first kappa shape index (κ1) is 50.1. The molecule has 10 rings (SSSR count). The number of urea groups is 1. The van der Waals surface area contributed by atoms with Crippen molar-refractivity contribution in [2.45, 2.75) is 95.1 Å². The maximum absolute atomic E-state index is 16.5. The van der Waals surface area contributed by atoms with E-state index in [0.29, 0.717) is 36.3 Å². The van der Waals surface area contributed by atoms with Crippen LogP contribution in [-0.4, -0.2) is 114 Å². The van der Waals surface area contributed by atoms with Crippen LogP contribution in [0, 0.1) is 30.4 Å². The number of imide groups is 1. The molecule has 1 saturated carbocycles. The molecule has 5 aliphatic rings. The fourth-order valence-corrected chi connectivity index (χ4v) is 12.4. The first-order valence-corrected chi connectivity index (χ1v) is 26.0. The molecule has 4 fully saturated rings. The van der Waals surface area contributed by atoms with Crippen LogP contribution in [0.2, 0.25) is 0 Å². The van der Waals surface area contributed by atoms with E-state index in [-0.39, 0.29) is 77.2 Å². The fourth-order valence-electron chi connectivity index (χ4n) is 12.4. The van der Waals surface area contributed by atoms with Crippen LogP contribution in [0.3, 0.4) is 0 Å². The van der Waals surface area contributed by atoms with Crippen LogP contribution in [0.5, 0.6) is 11.5 Å². The van der Waals surface area contributed by atoms with E-state index in [4.69, 9.17) is 15.2 Å². The van der Waals surface area contributed by atoms with E-state index in [0.717, 1.165) is 101 Å². The van der Waals surface area contributed by atoms with E-state index in [1.807, 2.05) is 49.0 Å². The zero-order valence-electron chi connectivity index (χ0n) is 41.9. The Bertz CT molecular complexity index is 2910. The van der Waals surface area contributed by atoms with Gasteiger partial charge in [0.05, 0.1) is 17.7 Å². The van der Waals surface area contributed by atoms with Gasteiger partial charge in [0.2, 0.25) is 17.7 Å². The third-order valence-corrected chi connectivity index (χ3v) is 16.6. The quantitative estimate of drug-likeness (QED) is 0.0875. The number of piperidine rings is 2. The second kappa shape index (κ2) is 20.8. The van der Waals surface area contributed by atoms with Crippen molar-refractivity contribution in [3.63, 3.8) is 0 Å². The molecule has 15 nitrogen and oxygen atoms in total. The number of carbonyl (C=O) groups excluding carboxylic acids is 4. The van der Waals surface area contributed by atoms with Gasteiger partial charge in [-0.15, -0.1) is 0 Å². The number of hydrogen-bond donors (Lipinski definition) is 4. The lowest BCUT2D eigenvalue weighted by molar-refractivity contribution is -0.138. The van der Waals surface area contributed by atoms with Crippen molar-refractivity contribution in [3.8, 4) is 22.6 Å². The van der Waals surface area contributed by atoms with Gasteiger partial charge in [0.15, 0.2) is 23.0 Å². The number of hydrogen-bond acceptors (Lipinski definition) is 10. The molecule has 386 valence electrons. The Morgan fingerprint density at radius 1 is 0.932 bits per heavy atom. The number of likely N-dealkylation sites (tertiary alicyclic amines) is 2. The predicted octanol–water partition coefficient (Wildman–Crippen LogP) is 7.40. The molecule has 5 amide bonds. The van der Waals surface area contributed by atoms with Gasteiger partial charge in [-0.05, 0) is 130 Å². The maximum Gasteiger partial charge on any atom is 0.329 e. The summed E-state index contributed by atoms with van der Waals surface area (Å²) in [5.74, 6) is -1.28. The lowest BCUT2D eigenvalue weighted by Crippen LogP contribution is -2.49. The second-order valence-electron chi connectivity index (χ2n) is 20.8. The van der Waals surface area contributed by atoms with Crippen molar-refractivity contribution in [3.05, 3.63) is 106 Å². The van der Waals surface area contributed by atoms with Crippen LogP contribution in [0.1, 0.15) is 109 Å². The fraction of sp³-hybridized carbons (Fsp3) is 0.482. The number of rotatable bonds is 14. The summed E-state index contributed by atoms with van der Waals surface area (Å²) in [6.45, 7) is 8.30. The minimum Gasteiger partial charge on any atom is -0.488 e. The predicted molar refractivity (Wildman–Crippen MR) is 272 cm³/mol. The highest BCUT2D eigenvalue weighted by atomic mass is 19.1. The molecule has 0 bridgehead atoms. The van der Waals surface area contributed by atoms with E-state index in [2.05, 4.69) is 43.7 Å². The van der Waals surface area contributed by atoms with Crippen molar-refractivity contribution in [1.82, 2.24) is 30.2 Å². The van der Waals surface area contributed by atoms with Gasteiger partial charge >= 0.3 is 6.03 Å². The Labute approximate surface area is 424 Å². The Balaban J connectivity index is 0.731. The highest BCUT2D eigenvalue weighted by Gasteiger charge is 2.50. The SMILES string of the molecule is Cc1c(F)cc2c(c1-c1c(C(N)=O)ccc(OCCO)c1F)[C@H](C)[C@@](CNC1CCC(C(=O)N3CCC(CN4CCC(c5ccc6c(N7CCC(=O)NC7=O)nn(C)c6c5)CC4)CC3)CC1)(c1ccccc1)O2. The normalized spacial score (nSPS) is 23.1. The van der Waals surface area contributed by atoms with Gasteiger partial charge < -0.3 is 35.4 Å². The lowest BCUT2D eigenvalue weighted by atomic mass is 9.76. The molecule has 0 radical (unpaired) electrons. The molecule has 0 unspecified atom stereocenters. The van der Waals surface area contributed by atoms with Crippen LogP contribution < -0.4 is 30.7 Å². The molecule has 5 heterocycles. The number of amides is 5. The number of fused-ring (bicyclic) bond motifs is 2. The molecule has 0 spiro atoms. The molecule has 5 aromatic rings. The van der Waals surface area contributed by atoms with Crippen LogP contribution in [0.25, 0.3) is 22.0 Å². The number of carbonyl (C=O) groups is 4. The van der Waals surface area contributed by atoms with Gasteiger partial charge in [-0.25, -0.2) is 13.6 Å². The summed E-state index contributed by atoms with van der Waals surface area (Å²) in [4.78, 5) is 57.4. The van der Waals surface area contributed by atoms with Crippen molar-refractivity contribution in [2.24, 2.45) is 24.6 Å². The number of nitrogens with zero attached hydrogens (tertiary/aromatic N) is 5. The van der Waals surface area contributed by atoms with Crippen molar-refractivity contribution in [1.29, 1.82) is 0 Å². The van der Waals surface area contributed by atoms with Gasteiger partial charge in [-0.3, -0.25) is 29.3 Å². The summed E-state index contributed by atoms with van der Waals surface area (Å²) < 4.78 is 46.7. The van der Waals surface area contributed by atoms with Crippen LogP contribution in [0.15, 0.2) is 66.7 Å². The smallest absolute Gasteiger partial charge is 0.329 e. The number of ether oxygens (including phenoxy) is 2. The van der Waals surface area contributed by atoms with E-state index in [1.54, 1.807) is 11.8 Å². The Hall–Kier alpha value is -6.43. The molecule has 4 aliphatic heterocycles. The summed E-state index contributed by atoms with van der Waals surface area (Å²) in [7, 11) is 1.89. The Morgan fingerprint density at radius 2 is 1.67 bits per heavy atom. The topological polar surface area (TPSA) is 185 Å².